The van der Waals surface area contributed by atoms with Crippen molar-refractivity contribution in [3.05, 3.63) is 34.4 Å². The molecule has 0 aromatic heterocycles. The standard InChI is InChI=1S/C16H23NO2/c1-10-5-11(2)14(12(3)6-10)8-17-7-13(4)15(9-17)16(18)19/h5-6,13,15H,7-9H2,1-4H3,(H,18,19)/t13-,15-/m1/s1. The van der Waals surface area contributed by atoms with Gasteiger partial charge in [0.2, 0.25) is 0 Å². The highest BCUT2D eigenvalue weighted by molar-refractivity contribution is 5.71. The van der Waals surface area contributed by atoms with Crippen molar-refractivity contribution in [2.45, 2.75) is 34.2 Å². The van der Waals surface area contributed by atoms with Crippen molar-refractivity contribution in [2.75, 3.05) is 13.1 Å². The Kier molecular flexibility index (Phi) is 3.95. The van der Waals surface area contributed by atoms with Crippen molar-refractivity contribution in [1.29, 1.82) is 0 Å². The van der Waals surface area contributed by atoms with Gasteiger partial charge in [-0.15, -0.1) is 0 Å². The number of hydrogen-bond acceptors (Lipinski definition) is 2. The lowest BCUT2D eigenvalue weighted by Gasteiger charge is -2.19. The monoisotopic (exact) mass is 261 g/mol. The van der Waals surface area contributed by atoms with E-state index in [9.17, 15) is 9.90 Å². The molecular formula is C16H23NO2. The Bertz CT molecular complexity index is 473. The van der Waals surface area contributed by atoms with Crippen LogP contribution >= 0.6 is 0 Å². The number of rotatable bonds is 3. The van der Waals surface area contributed by atoms with Crippen LogP contribution in [0.2, 0.25) is 0 Å². The molecule has 1 heterocycles. The smallest absolute Gasteiger partial charge is 0.308 e. The van der Waals surface area contributed by atoms with Crippen molar-refractivity contribution >= 4 is 5.97 Å². The van der Waals surface area contributed by atoms with Crippen LogP contribution in [0.4, 0.5) is 0 Å². The molecule has 0 amide bonds. The van der Waals surface area contributed by atoms with Gasteiger partial charge in [-0.1, -0.05) is 24.6 Å². The molecule has 0 saturated carbocycles. The van der Waals surface area contributed by atoms with Gasteiger partial charge in [0.15, 0.2) is 0 Å². The molecule has 1 N–H and O–H groups in total. The third kappa shape index (κ3) is 2.98. The Morgan fingerprint density at radius 2 is 1.84 bits per heavy atom. The molecule has 1 saturated heterocycles. The van der Waals surface area contributed by atoms with Gasteiger partial charge in [-0.25, -0.2) is 0 Å². The summed E-state index contributed by atoms with van der Waals surface area (Å²) in [5.41, 5.74) is 5.26. The summed E-state index contributed by atoms with van der Waals surface area (Å²) in [6.45, 7) is 10.8. The summed E-state index contributed by atoms with van der Waals surface area (Å²) in [5.74, 6) is -0.637. The Balaban J connectivity index is 2.13. The maximum atomic E-state index is 11.2. The van der Waals surface area contributed by atoms with Crippen molar-refractivity contribution in [3.8, 4) is 0 Å². The first kappa shape index (κ1) is 14.1. The Morgan fingerprint density at radius 1 is 1.26 bits per heavy atom. The minimum absolute atomic E-state index is 0.217. The van der Waals surface area contributed by atoms with E-state index in [2.05, 4.69) is 37.8 Å². The molecule has 0 aliphatic carbocycles. The van der Waals surface area contributed by atoms with Crippen LogP contribution in [0.15, 0.2) is 12.1 Å². The fraction of sp³-hybridized carbons (Fsp3) is 0.562. The number of carbonyl (C=O) groups is 1. The molecule has 0 spiro atoms. The van der Waals surface area contributed by atoms with Crippen molar-refractivity contribution in [1.82, 2.24) is 4.90 Å². The molecule has 1 aliphatic heterocycles. The quantitative estimate of drug-likeness (QED) is 0.909. The second kappa shape index (κ2) is 5.33. The largest absolute Gasteiger partial charge is 0.481 e. The van der Waals surface area contributed by atoms with Gasteiger partial charge in [0.25, 0.3) is 0 Å². The zero-order chi connectivity index (χ0) is 14.2. The van der Waals surface area contributed by atoms with Crippen LogP contribution in [0.25, 0.3) is 0 Å². The van der Waals surface area contributed by atoms with E-state index in [1.165, 1.54) is 22.3 Å². The molecule has 0 unspecified atom stereocenters. The lowest BCUT2D eigenvalue weighted by atomic mass is 9.99. The summed E-state index contributed by atoms with van der Waals surface area (Å²) < 4.78 is 0. The van der Waals surface area contributed by atoms with E-state index in [0.29, 0.717) is 6.54 Å². The topological polar surface area (TPSA) is 40.5 Å². The minimum atomic E-state index is -0.660. The number of nitrogens with zero attached hydrogens (tertiary/aromatic N) is 1. The summed E-state index contributed by atoms with van der Waals surface area (Å²) >= 11 is 0. The number of aliphatic carboxylic acids is 1. The first-order valence-corrected chi connectivity index (χ1v) is 6.90. The van der Waals surface area contributed by atoms with E-state index in [1.807, 2.05) is 6.92 Å². The van der Waals surface area contributed by atoms with Crippen LogP contribution in [0.3, 0.4) is 0 Å². The number of carboxylic acid groups (broad SMARTS) is 1. The average molecular weight is 261 g/mol. The fourth-order valence-corrected chi connectivity index (χ4v) is 3.20. The van der Waals surface area contributed by atoms with Crippen LogP contribution in [0.1, 0.15) is 29.2 Å². The molecule has 1 aromatic rings. The number of benzene rings is 1. The highest BCUT2D eigenvalue weighted by atomic mass is 16.4. The molecule has 2 rings (SSSR count). The molecule has 0 radical (unpaired) electrons. The molecule has 1 aliphatic rings. The molecular weight excluding hydrogens is 238 g/mol. The number of carboxylic acids is 1. The lowest BCUT2D eigenvalue weighted by molar-refractivity contribution is -0.142. The van der Waals surface area contributed by atoms with Gasteiger partial charge in [0.1, 0.15) is 0 Å². The Morgan fingerprint density at radius 3 is 2.32 bits per heavy atom. The Labute approximate surface area is 115 Å². The molecule has 104 valence electrons. The van der Waals surface area contributed by atoms with Crippen molar-refractivity contribution in [3.63, 3.8) is 0 Å². The van der Waals surface area contributed by atoms with Crippen molar-refractivity contribution < 1.29 is 9.90 Å². The van der Waals surface area contributed by atoms with E-state index >= 15 is 0 Å². The highest BCUT2D eigenvalue weighted by Gasteiger charge is 2.34. The number of aryl methyl sites for hydroxylation is 3. The molecule has 1 aromatic carbocycles. The van der Waals surface area contributed by atoms with E-state index < -0.39 is 5.97 Å². The maximum Gasteiger partial charge on any atom is 0.308 e. The van der Waals surface area contributed by atoms with Gasteiger partial charge in [-0.05, 0) is 43.4 Å². The van der Waals surface area contributed by atoms with Crippen LogP contribution in [-0.4, -0.2) is 29.1 Å². The predicted molar refractivity (Wildman–Crippen MR) is 76.2 cm³/mol. The molecule has 19 heavy (non-hydrogen) atoms. The predicted octanol–water partition coefficient (Wildman–Crippen LogP) is 2.76. The summed E-state index contributed by atoms with van der Waals surface area (Å²) in [6, 6.07) is 4.41. The first-order chi connectivity index (χ1) is 8.88. The third-order valence-electron chi connectivity index (χ3n) is 4.23. The number of likely N-dealkylation sites (tertiary alicyclic amines) is 1. The molecule has 3 heteroatoms. The van der Waals surface area contributed by atoms with Gasteiger partial charge >= 0.3 is 5.97 Å². The number of hydrogen-bond donors (Lipinski definition) is 1. The van der Waals surface area contributed by atoms with Crippen LogP contribution in [0, 0.1) is 32.6 Å². The van der Waals surface area contributed by atoms with Crippen molar-refractivity contribution in [2.24, 2.45) is 11.8 Å². The maximum absolute atomic E-state index is 11.2. The minimum Gasteiger partial charge on any atom is -0.481 e. The summed E-state index contributed by atoms with van der Waals surface area (Å²) in [5, 5.41) is 9.19. The SMILES string of the molecule is Cc1cc(C)c(CN2C[C@@H](C)[C@H](C(=O)O)C2)c(C)c1. The summed E-state index contributed by atoms with van der Waals surface area (Å²) in [7, 11) is 0. The van der Waals surface area contributed by atoms with Gasteiger partial charge < -0.3 is 5.11 Å². The van der Waals surface area contributed by atoms with Crippen LogP contribution in [-0.2, 0) is 11.3 Å². The highest BCUT2D eigenvalue weighted by Crippen LogP contribution is 2.26. The fourth-order valence-electron chi connectivity index (χ4n) is 3.20. The summed E-state index contributed by atoms with van der Waals surface area (Å²) in [6.07, 6.45) is 0. The van der Waals surface area contributed by atoms with Crippen LogP contribution < -0.4 is 0 Å². The van der Waals surface area contributed by atoms with Gasteiger partial charge in [-0.3, -0.25) is 9.69 Å². The summed E-state index contributed by atoms with van der Waals surface area (Å²) in [4.78, 5) is 13.4. The van der Waals surface area contributed by atoms with E-state index in [0.717, 1.165) is 13.1 Å². The second-order valence-corrected chi connectivity index (χ2v) is 5.99. The van der Waals surface area contributed by atoms with Gasteiger partial charge in [0.05, 0.1) is 5.92 Å². The van der Waals surface area contributed by atoms with E-state index in [4.69, 9.17) is 0 Å². The van der Waals surface area contributed by atoms with Crippen LogP contribution in [0.5, 0.6) is 0 Å². The normalized spacial score (nSPS) is 23.8. The molecule has 2 atom stereocenters. The lowest BCUT2D eigenvalue weighted by Crippen LogP contribution is -2.23. The zero-order valence-corrected chi connectivity index (χ0v) is 12.2. The van der Waals surface area contributed by atoms with E-state index in [-0.39, 0.29) is 11.8 Å². The van der Waals surface area contributed by atoms with E-state index in [1.54, 1.807) is 0 Å². The first-order valence-electron chi connectivity index (χ1n) is 6.90. The molecule has 3 nitrogen and oxygen atoms in total. The third-order valence-corrected chi connectivity index (χ3v) is 4.23. The Hall–Kier alpha value is -1.35. The second-order valence-electron chi connectivity index (χ2n) is 5.99. The average Bonchev–Trinajstić information content (AvgIpc) is 2.65. The zero-order valence-electron chi connectivity index (χ0n) is 12.2. The van der Waals surface area contributed by atoms with Gasteiger partial charge in [0, 0.05) is 19.6 Å². The van der Waals surface area contributed by atoms with Gasteiger partial charge in [-0.2, -0.15) is 0 Å². The molecule has 0 bridgehead atoms. The molecule has 1 fully saturated rings.